The first-order valence-electron chi connectivity index (χ1n) is 21.5. The molecule has 59 heavy (non-hydrogen) atoms. The number of likely N-dealkylation sites (N-methyl/N-ethyl adjacent to an activating group) is 2. The number of likely N-dealkylation sites (tertiary alicyclic amines) is 1. The van der Waals surface area contributed by atoms with Crippen LogP contribution >= 0.6 is 0 Å². The molecule has 0 bridgehead atoms. The number of benzene rings is 2. The Bertz CT molecular complexity index is 1640. The van der Waals surface area contributed by atoms with Crippen LogP contribution in [-0.2, 0) is 35.2 Å². The fraction of sp³-hybridized carbons (Fsp3) is 0.660. The molecule has 0 saturated carbocycles. The van der Waals surface area contributed by atoms with Crippen molar-refractivity contribution in [3.8, 4) is 5.75 Å². The number of aromatic hydroxyl groups is 1. The third kappa shape index (κ3) is 13.1. The monoisotopic (exact) mass is 823 g/mol. The standard InChI is InChI=1S/C47H74N4O8/c1-13-31(6)43(50(10)47(57)37(29(2)3)26-39(53)42(30(4)5)49(9)28-34-19-17-22-36(52)25-34)40(58-11)27-41(54)51-24-18-23-38(51)45(59-12)32(7)46(56)48-33(8)44(55)35-20-15-14-16-21-35/h14-17,19-22,25,29-33,37-38,40,42-45,52,55H,13,18,23-24,26-28H2,1-12H3,(H,48,56)/t31-,32+,33+,37-,38-,40+,42-,43-,44+,45+/m0/s1. The molecule has 0 aliphatic carbocycles. The lowest BCUT2D eigenvalue weighted by Gasteiger charge is -2.41. The van der Waals surface area contributed by atoms with Crippen LogP contribution in [-0.4, -0.2) is 120 Å². The predicted octanol–water partition coefficient (Wildman–Crippen LogP) is 6.24. The Morgan fingerprint density at radius 2 is 1.56 bits per heavy atom. The van der Waals surface area contributed by atoms with Crippen molar-refractivity contribution >= 4 is 23.5 Å². The smallest absolute Gasteiger partial charge is 0.226 e. The van der Waals surface area contributed by atoms with E-state index in [1.165, 1.54) is 0 Å². The molecule has 1 aliphatic heterocycles. The zero-order valence-corrected chi connectivity index (χ0v) is 37.8. The molecular formula is C47H74N4O8. The van der Waals surface area contributed by atoms with Crippen molar-refractivity contribution in [2.75, 3.05) is 34.9 Å². The minimum absolute atomic E-state index is 0.0113. The molecule has 10 atom stereocenters. The quantitative estimate of drug-likeness (QED) is 0.119. The maximum atomic E-state index is 14.6. The van der Waals surface area contributed by atoms with Gasteiger partial charge in [0.15, 0.2) is 5.78 Å². The van der Waals surface area contributed by atoms with Crippen LogP contribution in [0.3, 0.4) is 0 Å². The van der Waals surface area contributed by atoms with E-state index in [4.69, 9.17) is 9.47 Å². The maximum absolute atomic E-state index is 14.6. The van der Waals surface area contributed by atoms with Gasteiger partial charge in [-0.3, -0.25) is 24.1 Å². The van der Waals surface area contributed by atoms with Crippen molar-refractivity contribution in [2.24, 2.45) is 29.6 Å². The first kappa shape index (κ1) is 49.5. The molecule has 3 amide bonds. The highest BCUT2D eigenvalue weighted by Gasteiger charge is 2.43. The number of nitrogens with zero attached hydrogens (tertiary/aromatic N) is 3. The number of carbonyl (C=O) groups is 4. The van der Waals surface area contributed by atoms with Gasteiger partial charge in [-0.15, -0.1) is 0 Å². The molecule has 12 heteroatoms. The van der Waals surface area contributed by atoms with Crippen LogP contribution in [0.15, 0.2) is 54.6 Å². The SMILES string of the molecule is CC[C@H](C)[C@@H]([C@@H](CC(=O)N1CCC[C@H]1[C@H](OC)[C@@H](C)C(=O)N[C@H](C)[C@@H](O)c1ccccc1)OC)N(C)C(=O)[C@@H](CC(=O)[C@H](C(C)C)N(C)Cc1cccc(O)c1)C(C)C. The summed E-state index contributed by atoms with van der Waals surface area (Å²) in [5, 5.41) is 23.8. The third-order valence-corrected chi connectivity index (χ3v) is 12.6. The number of carbonyl (C=O) groups excluding carboxylic acids is 4. The number of aliphatic hydroxyl groups excluding tert-OH is 1. The van der Waals surface area contributed by atoms with Crippen molar-refractivity contribution in [2.45, 2.75) is 137 Å². The summed E-state index contributed by atoms with van der Waals surface area (Å²) >= 11 is 0. The highest BCUT2D eigenvalue weighted by atomic mass is 16.5. The Morgan fingerprint density at radius 1 is 0.898 bits per heavy atom. The number of hydrogen-bond donors (Lipinski definition) is 3. The lowest BCUT2D eigenvalue weighted by Crippen LogP contribution is -2.54. The van der Waals surface area contributed by atoms with Gasteiger partial charge in [-0.05, 0) is 67.8 Å². The number of ether oxygens (including phenoxy) is 2. The van der Waals surface area contributed by atoms with Gasteiger partial charge < -0.3 is 34.8 Å². The second-order valence-electron chi connectivity index (χ2n) is 17.5. The minimum Gasteiger partial charge on any atom is -0.508 e. The van der Waals surface area contributed by atoms with Gasteiger partial charge in [0.05, 0.1) is 54.8 Å². The van der Waals surface area contributed by atoms with Gasteiger partial charge in [0.2, 0.25) is 17.7 Å². The fourth-order valence-electron chi connectivity index (χ4n) is 9.05. The van der Waals surface area contributed by atoms with E-state index >= 15 is 0 Å². The number of amides is 3. The molecule has 330 valence electrons. The first-order valence-corrected chi connectivity index (χ1v) is 21.5. The molecule has 1 aliphatic rings. The lowest BCUT2D eigenvalue weighted by atomic mass is 9.83. The molecular weight excluding hydrogens is 749 g/mol. The van der Waals surface area contributed by atoms with Crippen molar-refractivity contribution < 1.29 is 38.9 Å². The summed E-state index contributed by atoms with van der Waals surface area (Å²) in [7, 11) is 6.79. The van der Waals surface area contributed by atoms with E-state index in [1.807, 2.05) is 76.0 Å². The Kier molecular flexibility index (Phi) is 19.5. The second kappa shape index (κ2) is 23.2. The van der Waals surface area contributed by atoms with Crippen LogP contribution in [0.25, 0.3) is 0 Å². The minimum atomic E-state index is -0.885. The van der Waals surface area contributed by atoms with Crippen molar-refractivity contribution in [1.29, 1.82) is 0 Å². The van der Waals surface area contributed by atoms with Crippen LogP contribution in [0.2, 0.25) is 0 Å². The summed E-state index contributed by atoms with van der Waals surface area (Å²) in [6.45, 7) is 16.6. The van der Waals surface area contributed by atoms with Crippen molar-refractivity contribution in [3.63, 3.8) is 0 Å². The van der Waals surface area contributed by atoms with E-state index in [1.54, 1.807) is 63.1 Å². The topological polar surface area (TPSA) is 149 Å². The summed E-state index contributed by atoms with van der Waals surface area (Å²) < 4.78 is 12.0. The van der Waals surface area contributed by atoms with Crippen LogP contribution in [0.5, 0.6) is 5.75 Å². The number of methoxy groups -OCH3 is 2. The Morgan fingerprint density at radius 3 is 2.12 bits per heavy atom. The average Bonchev–Trinajstić information content (AvgIpc) is 3.68. The molecule has 0 unspecified atom stereocenters. The zero-order chi connectivity index (χ0) is 44.1. The molecule has 2 aromatic carbocycles. The molecule has 12 nitrogen and oxygen atoms in total. The Labute approximate surface area is 354 Å². The van der Waals surface area contributed by atoms with Crippen LogP contribution in [0, 0.1) is 29.6 Å². The van der Waals surface area contributed by atoms with E-state index in [-0.39, 0.29) is 65.9 Å². The fourth-order valence-corrected chi connectivity index (χ4v) is 9.05. The summed E-state index contributed by atoms with van der Waals surface area (Å²) in [6, 6.07) is 14.4. The van der Waals surface area contributed by atoms with Gasteiger partial charge >= 0.3 is 0 Å². The Balaban J connectivity index is 1.77. The normalized spacial score (nSPS) is 19.1. The number of phenols is 1. The number of Topliss-reactive ketones (excluding diaryl/α,β-unsaturated/α-hetero) is 1. The second-order valence-corrected chi connectivity index (χ2v) is 17.5. The largest absolute Gasteiger partial charge is 0.508 e. The van der Waals surface area contributed by atoms with Crippen LogP contribution < -0.4 is 5.32 Å². The number of phenolic OH excluding ortho intramolecular Hbond substituents is 1. The lowest BCUT2D eigenvalue weighted by molar-refractivity contribution is -0.149. The van der Waals surface area contributed by atoms with Crippen LogP contribution in [0.1, 0.15) is 105 Å². The summed E-state index contributed by atoms with van der Waals surface area (Å²) in [6.07, 6.45) is 0.149. The maximum Gasteiger partial charge on any atom is 0.226 e. The van der Waals surface area contributed by atoms with E-state index < -0.39 is 48.3 Å². The number of ketones is 1. The molecule has 0 spiro atoms. The van der Waals surface area contributed by atoms with Crippen molar-refractivity contribution in [3.05, 3.63) is 65.7 Å². The molecule has 0 aromatic heterocycles. The van der Waals surface area contributed by atoms with Gasteiger partial charge in [-0.25, -0.2) is 0 Å². The summed E-state index contributed by atoms with van der Waals surface area (Å²) in [4.78, 5) is 62.0. The molecule has 2 aromatic rings. The van der Waals surface area contributed by atoms with E-state index in [2.05, 4.69) is 19.2 Å². The molecule has 3 N–H and O–H groups in total. The summed E-state index contributed by atoms with van der Waals surface area (Å²) in [5.74, 6) is -1.78. The number of aliphatic hydroxyl groups is 1. The van der Waals surface area contributed by atoms with Gasteiger partial charge in [-0.1, -0.05) is 97.4 Å². The third-order valence-electron chi connectivity index (χ3n) is 12.6. The molecule has 1 heterocycles. The zero-order valence-electron chi connectivity index (χ0n) is 37.8. The highest BCUT2D eigenvalue weighted by Crippen LogP contribution is 2.31. The predicted molar refractivity (Wildman–Crippen MR) is 231 cm³/mol. The average molecular weight is 823 g/mol. The van der Waals surface area contributed by atoms with Crippen molar-refractivity contribution in [1.82, 2.24) is 20.0 Å². The molecule has 1 fully saturated rings. The van der Waals surface area contributed by atoms with Gasteiger partial charge in [0.25, 0.3) is 0 Å². The number of hydrogen-bond acceptors (Lipinski definition) is 9. The number of nitrogens with one attached hydrogen (secondary N) is 1. The molecule has 0 radical (unpaired) electrons. The van der Waals surface area contributed by atoms with E-state index in [0.717, 1.165) is 18.4 Å². The van der Waals surface area contributed by atoms with E-state index in [9.17, 15) is 29.4 Å². The molecule has 3 rings (SSSR count). The van der Waals surface area contributed by atoms with Gasteiger partial charge in [-0.2, -0.15) is 0 Å². The van der Waals surface area contributed by atoms with Gasteiger partial charge in [0, 0.05) is 46.7 Å². The van der Waals surface area contributed by atoms with E-state index in [0.29, 0.717) is 25.1 Å². The highest BCUT2D eigenvalue weighted by molar-refractivity contribution is 5.90. The number of rotatable bonds is 23. The summed E-state index contributed by atoms with van der Waals surface area (Å²) in [5.41, 5.74) is 1.60. The Hall–Kier alpha value is -3.84. The first-order chi connectivity index (χ1) is 27.9. The van der Waals surface area contributed by atoms with Crippen LogP contribution in [0.4, 0.5) is 0 Å². The van der Waals surface area contributed by atoms with Gasteiger partial charge in [0.1, 0.15) is 5.75 Å². The molecule has 1 saturated heterocycles.